The molecule has 0 bridgehead atoms. The molecule has 7 heteroatoms. The molecule has 1 saturated heterocycles. The molecule has 3 aromatic rings. The number of nitrogens with zero attached hydrogens (tertiary/aromatic N) is 3. The number of aliphatic carboxylic acids is 1. The standard InChI is InChI=1S/C28H32N4O3/c1-20-9-10-23-22(17-20)26(21-7-3-2-4-8-21)30-27(29-23)32-15-13-31(14-16-32)24(33)18-28(19-25(34)35)11-5-6-12-28/h2-4,7-10,17H,5-6,11-16,18-19H2,1H3,(H,34,35). The molecule has 2 aliphatic rings. The number of amides is 1. The fourth-order valence-electron chi connectivity index (χ4n) is 5.75. The van der Waals surface area contributed by atoms with Gasteiger partial charge in [0.2, 0.25) is 5.91 Å². The number of rotatable bonds is 6. The van der Waals surface area contributed by atoms with Crippen molar-refractivity contribution in [2.24, 2.45) is 5.41 Å². The van der Waals surface area contributed by atoms with Gasteiger partial charge in [-0.2, -0.15) is 9.97 Å². The molecular formula is C28H32N4O3. The van der Waals surface area contributed by atoms with Gasteiger partial charge in [0, 0.05) is 23.3 Å². The second-order valence-electron chi connectivity index (χ2n) is 10.2. The molecule has 1 aliphatic heterocycles. The molecule has 1 aromatic heterocycles. The zero-order chi connectivity index (χ0) is 24.4. The molecule has 5 rings (SSSR count). The number of carboxylic acids is 1. The fourth-order valence-corrected chi connectivity index (χ4v) is 5.75. The number of hydrogen-bond acceptors (Lipinski definition) is 5. The van der Waals surface area contributed by atoms with Crippen molar-refractivity contribution in [2.45, 2.75) is 45.4 Å². The van der Waals surface area contributed by atoms with Gasteiger partial charge < -0.3 is 14.8 Å². The molecule has 1 N–H and O–H groups in total. The maximum atomic E-state index is 13.1. The van der Waals surface area contributed by atoms with Crippen LogP contribution in [0.25, 0.3) is 22.2 Å². The van der Waals surface area contributed by atoms with Gasteiger partial charge in [-0.05, 0) is 43.7 Å². The number of piperazine rings is 1. The van der Waals surface area contributed by atoms with Gasteiger partial charge in [-0.3, -0.25) is 9.69 Å². The summed E-state index contributed by atoms with van der Waals surface area (Å²) < 4.78 is 0. The monoisotopic (exact) mass is 472 g/mol. The Balaban J connectivity index is 1.33. The molecule has 1 amide bonds. The molecule has 0 atom stereocenters. The fraction of sp³-hybridized carbons (Fsp3) is 0.429. The largest absolute Gasteiger partial charge is 0.550 e. The normalized spacial score (nSPS) is 18.1. The van der Waals surface area contributed by atoms with E-state index in [9.17, 15) is 14.7 Å². The van der Waals surface area contributed by atoms with Crippen LogP contribution in [0.1, 0.15) is 44.1 Å². The number of benzene rings is 2. The van der Waals surface area contributed by atoms with Crippen LogP contribution in [0.15, 0.2) is 48.5 Å². The Bertz CT molecular complexity index is 1230. The van der Waals surface area contributed by atoms with Crippen molar-refractivity contribution in [3.05, 3.63) is 54.1 Å². The van der Waals surface area contributed by atoms with Gasteiger partial charge in [0.25, 0.3) is 0 Å². The minimum Gasteiger partial charge on any atom is -0.550 e. The average Bonchev–Trinajstić information content (AvgIpc) is 3.31. The van der Waals surface area contributed by atoms with E-state index in [1.165, 1.54) is 10.5 Å². The van der Waals surface area contributed by atoms with Crippen LogP contribution >= 0.6 is 0 Å². The molecule has 2 heterocycles. The van der Waals surface area contributed by atoms with E-state index in [1.54, 1.807) is 0 Å². The van der Waals surface area contributed by atoms with E-state index in [0.29, 0.717) is 19.5 Å². The Labute approximate surface area is 205 Å². The van der Waals surface area contributed by atoms with Crippen molar-refractivity contribution < 1.29 is 19.6 Å². The molecule has 2 aromatic carbocycles. The summed E-state index contributed by atoms with van der Waals surface area (Å²) >= 11 is 0. The number of carboxylic acid groups (broad SMARTS) is 1. The molecule has 0 radical (unpaired) electrons. The first-order valence-corrected chi connectivity index (χ1v) is 12.6. The van der Waals surface area contributed by atoms with E-state index in [4.69, 9.17) is 9.97 Å². The summed E-state index contributed by atoms with van der Waals surface area (Å²) in [6, 6.07) is 16.5. The number of carbonyl (C=O) groups is 2. The van der Waals surface area contributed by atoms with Crippen molar-refractivity contribution in [3.8, 4) is 11.3 Å². The lowest BCUT2D eigenvalue weighted by Gasteiger charge is -2.35. The molecule has 182 valence electrons. The minimum atomic E-state index is -1.05. The van der Waals surface area contributed by atoms with Gasteiger partial charge in [-0.15, -0.1) is 0 Å². The number of aryl methyl sites for hydroxylation is 1. The van der Waals surface area contributed by atoms with Crippen molar-refractivity contribution in [1.29, 1.82) is 0 Å². The summed E-state index contributed by atoms with van der Waals surface area (Å²) in [6.07, 6.45) is 3.86. The van der Waals surface area contributed by atoms with E-state index in [0.717, 1.165) is 66.9 Å². The molecular weight excluding hydrogens is 440 g/mol. The van der Waals surface area contributed by atoms with Gasteiger partial charge in [0.1, 0.15) is 13.1 Å². The topological polar surface area (TPSA) is 90.7 Å². The molecule has 1 aliphatic carbocycles. The summed E-state index contributed by atoms with van der Waals surface area (Å²) in [4.78, 5) is 37.4. The van der Waals surface area contributed by atoms with Gasteiger partial charge >= 0.3 is 5.95 Å². The van der Waals surface area contributed by atoms with E-state index >= 15 is 0 Å². The zero-order valence-electron chi connectivity index (χ0n) is 20.3. The third-order valence-electron chi connectivity index (χ3n) is 7.64. The predicted molar refractivity (Wildman–Crippen MR) is 132 cm³/mol. The van der Waals surface area contributed by atoms with Crippen LogP contribution in [-0.4, -0.2) is 52.9 Å². The van der Waals surface area contributed by atoms with Gasteiger partial charge in [0.05, 0.1) is 24.3 Å². The summed E-state index contributed by atoms with van der Waals surface area (Å²) in [7, 11) is 0. The molecule has 1 saturated carbocycles. The molecule has 7 nitrogen and oxygen atoms in total. The quantitative estimate of drug-likeness (QED) is 0.593. The van der Waals surface area contributed by atoms with E-state index in [-0.39, 0.29) is 12.3 Å². The first-order chi connectivity index (χ1) is 16.9. The molecule has 0 unspecified atom stereocenters. The van der Waals surface area contributed by atoms with Crippen LogP contribution in [0.5, 0.6) is 0 Å². The van der Waals surface area contributed by atoms with Crippen LogP contribution in [-0.2, 0) is 9.59 Å². The molecule has 2 fully saturated rings. The number of quaternary nitrogens is 1. The van der Waals surface area contributed by atoms with Gasteiger partial charge in [-0.25, -0.2) is 0 Å². The highest BCUT2D eigenvalue weighted by molar-refractivity contribution is 5.93. The van der Waals surface area contributed by atoms with Crippen LogP contribution in [0.3, 0.4) is 0 Å². The lowest BCUT2D eigenvalue weighted by atomic mass is 9.79. The predicted octanol–water partition coefficient (Wildman–Crippen LogP) is 2.05. The minimum absolute atomic E-state index is 0.0172. The summed E-state index contributed by atoms with van der Waals surface area (Å²) in [5.41, 5.74) is 3.67. The molecule has 0 spiro atoms. The van der Waals surface area contributed by atoms with Crippen molar-refractivity contribution in [2.75, 3.05) is 26.2 Å². The Morgan fingerprint density at radius 3 is 2.40 bits per heavy atom. The second-order valence-corrected chi connectivity index (χ2v) is 10.2. The number of carbonyl (C=O) groups excluding carboxylic acids is 2. The first kappa shape index (κ1) is 23.4. The van der Waals surface area contributed by atoms with Crippen molar-refractivity contribution in [3.63, 3.8) is 0 Å². The van der Waals surface area contributed by atoms with Crippen LogP contribution in [0.2, 0.25) is 0 Å². The summed E-state index contributed by atoms with van der Waals surface area (Å²) in [5, 5.41) is 12.4. The van der Waals surface area contributed by atoms with Crippen LogP contribution in [0.4, 0.5) is 5.95 Å². The Morgan fingerprint density at radius 2 is 1.71 bits per heavy atom. The number of aromatic nitrogens is 2. The third-order valence-corrected chi connectivity index (χ3v) is 7.64. The lowest BCUT2D eigenvalue weighted by Crippen LogP contribution is -3.11. The Morgan fingerprint density at radius 1 is 1.00 bits per heavy atom. The summed E-state index contributed by atoms with van der Waals surface area (Å²) in [5.74, 6) is -0.226. The van der Waals surface area contributed by atoms with E-state index in [1.807, 2.05) is 23.1 Å². The lowest BCUT2D eigenvalue weighted by molar-refractivity contribution is -0.842. The third kappa shape index (κ3) is 5.05. The SMILES string of the molecule is Cc1ccc2nc([NH+]3CCN(C(=O)CC4(CC(=O)[O-])CCCC4)CC3)nc(-c3ccccc3)c2c1. The van der Waals surface area contributed by atoms with Crippen molar-refractivity contribution >= 4 is 28.7 Å². The van der Waals surface area contributed by atoms with Crippen molar-refractivity contribution in [1.82, 2.24) is 14.9 Å². The molecule has 35 heavy (non-hydrogen) atoms. The number of fused-ring (bicyclic) bond motifs is 1. The van der Waals surface area contributed by atoms with E-state index in [2.05, 4.69) is 37.3 Å². The zero-order valence-corrected chi connectivity index (χ0v) is 20.3. The maximum absolute atomic E-state index is 13.1. The van der Waals surface area contributed by atoms with Gasteiger partial charge in [-0.1, -0.05) is 54.8 Å². The number of nitrogens with one attached hydrogen (secondary N) is 1. The van der Waals surface area contributed by atoms with Crippen LogP contribution < -0.4 is 10.0 Å². The Hall–Kier alpha value is -3.32. The van der Waals surface area contributed by atoms with Gasteiger partial charge in [0.15, 0.2) is 0 Å². The average molecular weight is 473 g/mol. The smallest absolute Gasteiger partial charge is 0.328 e. The highest BCUT2D eigenvalue weighted by Crippen LogP contribution is 2.44. The Kier molecular flexibility index (Phi) is 6.52. The second kappa shape index (κ2) is 9.74. The first-order valence-electron chi connectivity index (χ1n) is 12.6. The maximum Gasteiger partial charge on any atom is 0.328 e. The summed E-state index contributed by atoms with van der Waals surface area (Å²) in [6.45, 7) is 4.76. The van der Waals surface area contributed by atoms with Crippen LogP contribution in [0, 0.1) is 12.3 Å². The highest BCUT2D eigenvalue weighted by Gasteiger charge is 2.38. The highest BCUT2D eigenvalue weighted by atomic mass is 16.4. The number of hydrogen-bond donors (Lipinski definition) is 1. The van der Waals surface area contributed by atoms with E-state index < -0.39 is 11.4 Å².